The highest BCUT2D eigenvalue weighted by Gasteiger charge is 2.34. The molecule has 1 aromatic heterocycles. The molecule has 2 aromatic rings. The molecule has 0 aliphatic carbocycles. The molecule has 10 heteroatoms. The smallest absolute Gasteiger partial charge is 0.291 e. The van der Waals surface area contributed by atoms with Gasteiger partial charge in [0.2, 0.25) is 0 Å². The predicted octanol–water partition coefficient (Wildman–Crippen LogP) is 4.72. The molecule has 1 amide bonds. The van der Waals surface area contributed by atoms with Gasteiger partial charge in [0, 0.05) is 10.0 Å². The fourth-order valence-corrected chi connectivity index (χ4v) is 2.82. The van der Waals surface area contributed by atoms with Crippen LogP contribution in [-0.2, 0) is 5.92 Å². The van der Waals surface area contributed by atoms with Crippen molar-refractivity contribution in [3.05, 3.63) is 55.2 Å². The highest BCUT2D eigenvalue weighted by Crippen LogP contribution is 2.34. The Kier molecular flexibility index (Phi) is 5.78. The van der Waals surface area contributed by atoms with Crippen molar-refractivity contribution in [2.45, 2.75) is 5.92 Å². The number of carbonyl (C=O) groups excluding carboxylic acids is 1. The average molecular weight is 445 g/mol. The van der Waals surface area contributed by atoms with Gasteiger partial charge in [0.1, 0.15) is 0 Å². The summed E-state index contributed by atoms with van der Waals surface area (Å²) in [6.45, 7) is -0.969. The minimum Gasteiger partial charge on any atom is -0.346 e. The zero-order chi connectivity index (χ0) is 17.2. The first kappa shape index (κ1) is 18.3. The van der Waals surface area contributed by atoms with Gasteiger partial charge in [-0.05, 0) is 18.2 Å². The van der Waals surface area contributed by atoms with Crippen LogP contribution in [0.2, 0.25) is 15.3 Å². The van der Waals surface area contributed by atoms with Crippen molar-refractivity contribution in [2.24, 2.45) is 0 Å². The number of nitrogens with one attached hydrogen (secondary N) is 1. The molecule has 0 unspecified atom stereocenters. The maximum absolute atomic E-state index is 14.2. The Morgan fingerprint density at radius 3 is 2.57 bits per heavy atom. The summed E-state index contributed by atoms with van der Waals surface area (Å²) in [6.07, 6.45) is 0. The van der Waals surface area contributed by atoms with Gasteiger partial charge >= 0.3 is 0 Å². The van der Waals surface area contributed by atoms with Gasteiger partial charge in [-0.25, -0.2) is 0 Å². The molecule has 0 radical (unpaired) electrons. The van der Waals surface area contributed by atoms with E-state index in [0.29, 0.717) is 4.47 Å². The second-order valence-corrected chi connectivity index (χ2v) is 6.45. The fourth-order valence-electron chi connectivity index (χ4n) is 1.68. The molecule has 0 saturated carbocycles. The number of hydrogen-bond acceptors (Lipinski definition) is 3. The molecule has 1 N–H and O–H groups in total. The molecule has 0 fully saturated rings. The first-order valence-electron chi connectivity index (χ1n) is 6.01. The lowest BCUT2D eigenvalue weighted by Crippen LogP contribution is -2.35. The van der Waals surface area contributed by atoms with Crippen molar-refractivity contribution < 1.29 is 13.6 Å². The third-order valence-electron chi connectivity index (χ3n) is 2.76. The number of aromatic nitrogens is 2. The molecule has 4 nitrogen and oxygen atoms in total. The highest BCUT2D eigenvalue weighted by atomic mass is 79.9. The van der Waals surface area contributed by atoms with Crippen molar-refractivity contribution >= 4 is 56.6 Å². The van der Waals surface area contributed by atoms with Crippen LogP contribution in [0.5, 0.6) is 0 Å². The second-order valence-electron chi connectivity index (χ2n) is 4.38. The molecule has 1 heterocycles. The summed E-state index contributed by atoms with van der Waals surface area (Å²) >= 11 is 20.2. The number of alkyl halides is 2. The highest BCUT2D eigenvalue weighted by molar-refractivity contribution is 9.10. The van der Waals surface area contributed by atoms with E-state index in [9.17, 15) is 13.6 Å². The number of hydrogen-bond donors (Lipinski definition) is 1. The van der Waals surface area contributed by atoms with Crippen LogP contribution in [0, 0.1) is 0 Å². The van der Waals surface area contributed by atoms with Gasteiger partial charge in [0.25, 0.3) is 11.8 Å². The minimum absolute atomic E-state index is 0.0812. The van der Waals surface area contributed by atoms with Gasteiger partial charge in [0.05, 0.1) is 17.1 Å². The lowest BCUT2D eigenvalue weighted by molar-refractivity contribution is -0.00238. The molecule has 0 bridgehead atoms. The number of benzene rings is 1. The van der Waals surface area contributed by atoms with E-state index < -0.39 is 23.9 Å². The van der Waals surface area contributed by atoms with Crippen molar-refractivity contribution in [1.82, 2.24) is 15.5 Å². The molecular weight excluding hydrogens is 438 g/mol. The molecule has 0 atom stereocenters. The number of rotatable bonds is 4. The van der Waals surface area contributed by atoms with Gasteiger partial charge < -0.3 is 5.32 Å². The predicted molar refractivity (Wildman–Crippen MR) is 87.4 cm³/mol. The van der Waals surface area contributed by atoms with E-state index in [4.69, 9.17) is 34.8 Å². The molecule has 122 valence electrons. The third kappa shape index (κ3) is 4.50. The molecule has 0 aliphatic heterocycles. The normalized spacial score (nSPS) is 11.4. The molecule has 2 rings (SSSR count). The molecule has 0 spiro atoms. The van der Waals surface area contributed by atoms with Gasteiger partial charge in [-0.15, -0.1) is 10.2 Å². The van der Waals surface area contributed by atoms with E-state index in [2.05, 4.69) is 31.4 Å². The summed E-state index contributed by atoms with van der Waals surface area (Å²) in [4.78, 5) is 11.9. The van der Waals surface area contributed by atoms with Crippen LogP contribution in [0.4, 0.5) is 8.78 Å². The van der Waals surface area contributed by atoms with E-state index in [0.717, 1.165) is 6.07 Å². The minimum atomic E-state index is -3.37. The van der Waals surface area contributed by atoms with E-state index in [1.54, 1.807) is 0 Å². The standard InChI is InChI=1S/C13H7BrCl3F2N3O/c14-6-1-2-8(9(15)3-6)13(18,19)5-20-12(23)7-4-10(16)21-22-11(7)17/h1-4H,5H2,(H,20,23). The molecule has 23 heavy (non-hydrogen) atoms. The summed E-state index contributed by atoms with van der Waals surface area (Å²) in [7, 11) is 0. The Morgan fingerprint density at radius 1 is 1.22 bits per heavy atom. The summed E-state index contributed by atoms with van der Waals surface area (Å²) in [5, 5.41) is 8.50. The van der Waals surface area contributed by atoms with E-state index >= 15 is 0 Å². The first-order valence-corrected chi connectivity index (χ1v) is 7.93. The van der Waals surface area contributed by atoms with E-state index in [1.165, 1.54) is 18.2 Å². The first-order chi connectivity index (χ1) is 10.7. The number of nitrogens with zero attached hydrogens (tertiary/aromatic N) is 2. The van der Waals surface area contributed by atoms with Crippen LogP contribution in [-0.4, -0.2) is 22.6 Å². The lowest BCUT2D eigenvalue weighted by atomic mass is 10.1. The zero-order valence-electron chi connectivity index (χ0n) is 11.1. The van der Waals surface area contributed by atoms with Crippen molar-refractivity contribution in [1.29, 1.82) is 0 Å². The summed E-state index contributed by atoms with van der Waals surface area (Å²) in [5.74, 6) is -4.22. The number of amides is 1. The maximum Gasteiger partial charge on any atom is 0.291 e. The average Bonchev–Trinajstić information content (AvgIpc) is 2.47. The largest absolute Gasteiger partial charge is 0.346 e. The Labute approximate surface area is 153 Å². The SMILES string of the molecule is O=C(NCC(F)(F)c1ccc(Br)cc1Cl)c1cc(Cl)nnc1Cl. The second kappa shape index (κ2) is 7.25. The van der Waals surface area contributed by atoms with E-state index in [-0.39, 0.29) is 20.9 Å². The molecule has 1 aromatic carbocycles. The Bertz CT molecular complexity index is 761. The molecule has 0 saturated heterocycles. The van der Waals surface area contributed by atoms with Crippen molar-refractivity contribution in [3.8, 4) is 0 Å². The zero-order valence-corrected chi connectivity index (χ0v) is 14.9. The third-order valence-corrected chi connectivity index (χ3v) is 4.03. The van der Waals surface area contributed by atoms with Crippen molar-refractivity contribution in [3.63, 3.8) is 0 Å². The van der Waals surface area contributed by atoms with Gasteiger partial charge in [-0.1, -0.05) is 56.8 Å². The number of carbonyl (C=O) groups is 1. The van der Waals surface area contributed by atoms with Crippen LogP contribution in [0.1, 0.15) is 15.9 Å². The molecular formula is C13H7BrCl3F2N3O. The lowest BCUT2D eigenvalue weighted by Gasteiger charge is -2.19. The van der Waals surface area contributed by atoms with Gasteiger partial charge in [0.15, 0.2) is 10.3 Å². The summed E-state index contributed by atoms with van der Waals surface area (Å²) in [5.41, 5.74) is -0.552. The quantitative estimate of drug-likeness (QED) is 0.741. The van der Waals surface area contributed by atoms with Crippen LogP contribution >= 0.6 is 50.7 Å². The topological polar surface area (TPSA) is 54.9 Å². The monoisotopic (exact) mass is 443 g/mol. The molecule has 0 aliphatic rings. The van der Waals surface area contributed by atoms with Crippen LogP contribution in [0.25, 0.3) is 0 Å². The summed E-state index contributed by atoms with van der Waals surface area (Å²) < 4.78 is 29.0. The fraction of sp³-hybridized carbons (Fsp3) is 0.154. The van der Waals surface area contributed by atoms with E-state index in [1.807, 2.05) is 0 Å². The van der Waals surface area contributed by atoms with Crippen LogP contribution < -0.4 is 5.32 Å². The maximum atomic E-state index is 14.2. The Balaban J connectivity index is 2.15. The van der Waals surface area contributed by atoms with Gasteiger partial charge in [-0.3, -0.25) is 4.79 Å². The van der Waals surface area contributed by atoms with Crippen LogP contribution in [0.3, 0.4) is 0 Å². The van der Waals surface area contributed by atoms with Gasteiger partial charge in [-0.2, -0.15) is 8.78 Å². The Morgan fingerprint density at radius 2 is 1.91 bits per heavy atom. The summed E-state index contributed by atoms with van der Waals surface area (Å²) in [6, 6.07) is 5.09. The van der Waals surface area contributed by atoms with Crippen molar-refractivity contribution in [2.75, 3.05) is 6.54 Å². The Hall–Kier alpha value is -1.02. The number of halogens is 6. The van der Waals surface area contributed by atoms with Crippen LogP contribution in [0.15, 0.2) is 28.7 Å².